The molecule has 1 aliphatic rings. The van der Waals surface area contributed by atoms with Crippen LogP contribution in [0.4, 0.5) is 11.6 Å². The number of aromatic nitrogens is 2. The molecular weight excluding hydrogens is 360 g/mol. The summed E-state index contributed by atoms with van der Waals surface area (Å²) in [5.41, 5.74) is 2.38. The summed E-state index contributed by atoms with van der Waals surface area (Å²) in [4.78, 5) is 9.46. The van der Waals surface area contributed by atoms with Gasteiger partial charge in [0, 0.05) is 31.3 Å². The highest BCUT2D eigenvalue weighted by Crippen LogP contribution is 2.21. The minimum absolute atomic E-state index is 0.271. The molecule has 3 aromatic rings. The van der Waals surface area contributed by atoms with Crippen LogP contribution in [0.25, 0.3) is 11.4 Å². The topological polar surface area (TPSA) is 59.1 Å². The molecule has 5 heteroatoms. The third kappa shape index (κ3) is 5.78. The first-order valence-corrected chi connectivity index (χ1v) is 10.4. The normalized spacial score (nSPS) is 15.9. The fourth-order valence-electron chi connectivity index (χ4n) is 3.52. The Morgan fingerprint density at radius 3 is 2.34 bits per heavy atom. The van der Waals surface area contributed by atoms with Gasteiger partial charge in [0.15, 0.2) is 5.82 Å². The third-order valence-electron chi connectivity index (χ3n) is 5.08. The van der Waals surface area contributed by atoms with Gasteiger partial charge in [0.2, 0.25) is 0 Å². The second kappa shape index (κ2) is 10.0. The monoisotopic (exact) mass is 388 g/mol. The van der Waals surface area contributed by atoms with E-state index < -0.39 is 0 Å². The maximum absolute atomic E-state index is 5.72. The maximum Gasteiger partial charge on any atom is 0.163 e. The first-order chi connectivity index (χ1) is 14.4. The maximum atomic E-state index is 5.72. The van der Waals surface area contributed by atoms with Crippen LogP contribution >= 0.6 is 0 Å². The van der Waals surface area contributed by atoms with Crippen LogP contribution in [-0.4, -0.2) is 35.8 Å². The highest BCUT2D eigenvalue weighted by molar-refractivity contribution is 5.61. The highest BCUT2D eigenvalue weighted by atomic mass is 16.5. The van der Waals surface area contributed by atoms with Gasteiger partial charge in [0.25, 0.3) is 0 Å². The Bertz CT molecular complexity index is 880. The van der Waals surface area contributed by atoms with E-state index >= 15 is 0 Å². The Balaban J connectivity index is 1.42. The molecule has 0 radical (unpaired) electrons. The second-order valence-corrected chi connectivity index (χ2v) is 7.36. The first kappa shape index (κ1) is 19.4. The number of nitrogens with zero attached hydrogens (tertiary/aromatic N) is 2. The fourth-order valence-corrected chi connectivity index (χ4v) is 3.52. The Morgan fingerprint density at radius 1 is 0.897 bits per heavy atom. The quantitative estimate of drug-likeness (QED) is 0.517. The summed E-state index contributed by atoms with van der Waals surface area (Å²) in [6.45, 7) is 2.50. The van der Waals surface area contributed by atoms with Gasteiger partial charge in [-0.05, 0) is 31.2 Å². The van der Waals surface area contributed by atoms with Crippen molar-refractivity contribution in [1.29, 1.82) is 0 Å². The zero-order valence-corrected chi connectivity index (χ0v) is 16.7. The molecule has 1 aromatic heterocycles. The van der Waals surface area contributed by atoms with Crippen LogP contribution < -0.4 is 10.6 Å². The van der Waals surface area contributed by atoms with Crippen molar-refractivity contribution in [2.24, 2.45) is 0 Å². The predicted molar refractivity (Wildman–Crippen MR) is 118 cm³/mol. The molecule has 1 aliphatic heterocycles. The second-order valence-electron chi connectivity index (χ2n) is 7.36. The lowest BCUT2D eigenvalue weighted by atomic mass is 10.1. The molecule has 1 unspecified atom stereocenters. The third-order valence-corrected chi connectivity index (χ3v) is 5.08. The van der Waals surface area contributed by atoms with E-state index in [9.17, 15) is 0 Å². The largest absolute Gasteiger partial charge is 0.376 e. The minimum atomic E-state index is 0.271. The van der Waals surface area contributed by atoms with E-state index in [-0.39, 0.29) is 6.10 Å². The number of hydrogen-bond acceptors (Lipinski definition) is 5. The van der Waals surface area contributed by atoms with Gasteiger partial charge in [-0.25, -0.2) is 9.97 Å². The molecule has 2 heterocycles. The molecule has 2 N–H and O–H groups in total. The number of nitrogens with one attached hydrogen (secondary N) is 2. The lowest BCUT2D eigenvalue weighted by molar-refractivity contribution is 0.120. The van der Waals surface area contributed by atoms with Gasteiger partial charge in [-0.1, -0.05) is 60.7 Å². The van der Waals surface area contributed by atoms with E-state index in [1.165, 1.54) is 5.56 Å². The number of hydrogen-bond donors (Lipinski definition) is 2. The van der Waals surface area contributed by atoms with E-state index in [0.717, 1.165) is 68.4 Å². The number of ether oxygens (including phenoxy) is 1. The summed E-state index contributed by atoms with van der Waals surface area (Å²) >= 11 is 0. The van der Waals surface area contributed by atoms with Gasteiger partial charge in [-0.3, -0.25) is 0 Å². The lowest BCUT2D eigenvalue weighted by Gasteiger charge is -2.14. The molecule has 5 nitrogen and oxygen atoms in total. The molecular formula is C24H28N4O. The van der Waals surface area contributed by atoms with Crippen molar-refractivity contribution in [2.45, 2.75) is 31.8 Å². The molecule has 0 spiro atoms. The van der Waals surface area contributed by atoms with Crippen LogP contribution in [-0.2, 0) is 11.2 Å². The summed E-state index contributed by atoms with van der Waals surface area (Å²) in [5, 5.41) is 6.91. The lowest BCUT2D eigenvalue weighted by Crippen LogP contribution is -2.19. The Labute approximate surface area is 172 Å². The van der Waals surface area contributed by atoms with Crippen LogP contribution in [0.15, 0.2) is 66.7 Å². The zero-order chi connectivity index (χ0) is 19.7. The summed E-state index contributed by atoms with van der Waals surface area (Å²) in [6, 6.07) is 22.7. The van der Waals surface area contributed by atoms with Crippen molar-refractivity contribution in [2.75, 3.05) is 30.3 Å². The summed E-state index contributed by atoms with van der Waals surface area (Å²) in [6.07, 6.45) is 4.61. The van der Waals surface area contributed by atoms with Gasteiger partial charge in [0.1, 0.15) is 11.6 Å². The Kier molecular flexibility index (Phi) is 6.71. The van der Waals surface area contributed by atoms with E-state index in [1.807, 2.05) is 36.4 Å². The summed E-state index contributed by atoms with van der Waals surface area (Å²) in [7, 11) is 0. The highest BCUT2D eigenvalue weighted by Gasteiger charge is 2.15. The van der Waals surface area contributed by atoms with Gasteiger partial charge >= 0.3 is 0 Å². The number of benzene rings is 2. The van der Waals surface area contributed by atoms with E-state index in [4.69, 9.17) is 14.7 Å². The van der Waals surface area contributed by atoms with Gasteiger partial charge in [0.05, 0.1) is 6.10 Å². The Morgan fingerprint density at radius 2 is 1.62 bits per heavy atom. The fraction of sp³-hybridized carbons (Fsp3) is 0.333. The molecule has 1 fully saturated rings. The molecule has 29 heavy (non-hydrogen) atoms. The summed E-state index contributed by atoms with van der Waals surface area (Å²) < 4.78 is 5.72. The van der Waals surface area contributed by atoms with Crippen molar-refractivity contribution in [3.8, 4) is 11.4 Å². The predicted octanol–water partition coefficient (Wildman–Crippen LogP) is 4.78. The summed E-state index contributed by atoms with van der Waals surface area (Å²) in [5.74, 6) is 2.41. The molecule has 0 saturated carbocycles. The van der Waals surface area contributed by atoms with Gasteiger partial charge in [-0.15, -0.1) is 0 Å². The van der Waals surface area contributed by atoms with Crippen LogP contribution in [0.1, 0.15) is 24.8 Å². The minimum Gasteiger partial charge on any atom is -0.376 e. The number of aryl methyl sites for hydroxylation is 1. The Hall–Kier alpha value is -2.92. The van der Waals surface area contributed by atoms with Crippen molar-refractivity contribution in [3.05, 3.63) is 72.3 Å². The molecule has 4 rings (SSSR count). The van der Waals surface area contributed by atoms with Gasteiger partial charge in [-0.2, -0.15) is 0 Å². The van der Waals surface area contributed by atoms with E-state index in [2.05, 4.69) is 41.0 Å². The van der Waals surface area contributed by atoms with Crippen LogP contribution in [0, 0.1) is 0 Å². The van der Waals surface area contributed by atoms with Crippen molar-refractivity contribution in [1.82, 2.24) is 9.97 Å². The molecule has 0 bridgehead atoms. The molecule has 0 amide bonds. The zero-order valence-electron chi connectivity index (χ0n) is 16.7. The SMILES string of the molecule is c1ccc(CCCNc2cc(NCC3CCCO3)nc(-c3ccccc3)n2)cc1. The average Bonchev–Trinajstić information content (AvgIpc) is 3.30. The molecule has 150 valence electrons. The molecule has 1 atom stereocenters. The number of anilines is 2. The first-order valence-electron chi connectivity index (χ1n) is 10.4. The van der Waals surface area contributed by atoms with Crippen LogP contribution in [0.5, 0.6) is 0 Å². The standard InChI is InChI=1S/C24H28N4O/c1-3-9-19(10-4-1)11-7-15-25-22-17-23(26-18-21-14-8-16-29-21)28-24(27-22)20-12-5-2-6-13-20/h1-6,9-10,12-13,17,21H,7-8,11,14-16,18H2,(H2,25,26,27,28). The molecule has 2 aromatic carbocycles. The molecule has 1 saturated heterocycles. The van der Waals surface area contributed by atoms with Crippen LogP contribution in [0.2, 0.25) is 0 Å². The smallest absolute Gasteiger partial charge is 0.163 e. The van der Waals surface area contributed by atoms with Crippen molar-refractivity contribution in [3.63, 3.8) is 0 Å². The molecule has 0 aliphatic carbocycles. The van der Waals surface area contributed by atoms with Crippen LogP contribution in [0.3, 0.4) is 0 Å². The van der Waals surface area contributed by atoms with Gasteiger partial charge < -0.3 is 15.4 Å². The average molecular weight is 389 g/mol. The van der Waals surface area contributed by atoms with Crippen molar-refractivity contribution < 1.29 is 4.74 Å². The van der Waals surface area contributed by atoms with Crippen molar-refractivity contribution >= 4 is 11.6 Å². The van der Waals surface area contributed by atoms with E-state index in [1.54, 1.807) is 0 Å². The van der Waals surface area contributed by atoms with E-state index in [0.29, 0.717) is 0 Å². The number of rotatable bonds is 9.